The molecule has 118 valence electrons. The highest BCUT2D eigenvalue weighted by atomic mass is 32.2. The first-order valence-corrected chi connectivity index (χ1v) is 8.33. The molecule has 21 heavy (non-hydrogen) atoms. The van der Waals surface area contributed by atoms with Gasteiger partial charge in [0.1, 0.15) is 0 Å². The van der Waals surface area contributed by atoms with Crippen LogP contribution in [0.5, 0.6) is 0 Å². The number of sulfonamides is 1. The third-order valence-corrected chi connectivity index (χ3v) is 4.65. The second-order valence-electron chi connectivity index (χ2n) is 4.84. The number of carbonyl (C=O) groups is 1. The van der Waals surface area contributed by atoms with E-state index in [1.54, 1.807) is 4.68 Å². The lowest BCUT2D eigenvalue weighted by molar-refractivity contribution is 0.0948. The molecule has 0 spiro atoms. The van der Waals surface area contributed by atoms with Gasteiger partial charge in [0.25, 0.3) is 5.91 Å². The lowest BCUT2D eigenvalue weighted by Gasteiger charge is -2.33. The van der Waals surface area contributed by atoms with Crippen LogP contribution in [0.3, 0.4) is 0 Å². The molecule has 1 aliphatic rings. The van der Waals surface area contributed by atoms with E-state index in [0.717, 1.165) is 0 Å². The second-order valence-corrected chi connectivity index (χ2v) is 6.83. The van der Waals surface area contributed by atoms with E-state index in [1.165, 1.54) is 16.8 Å². The van der Waals surface area contributed by atoms with Gasteiger partial charge in [-0.2, -0.15) is 4.31 Å². The van der Waals surface area contributed by atoms with Gasteiger partial charge in [0.05, 0.1) is 19.0 Å². The summed E-state index contributed by atoms with van der Waals surface area (Å²) in [5.41, 5.74) is 2.16. The van der Waals surface area contributed by atoms with Crippen molar-refractivity contribution in [1.29, 1.82) is 0 Å². The maximum Gasteiger partial charge on any atom is 0.287 e. The number of hydrogen-bond donors (Lipinski definition) is 2. The maximum atomic E-state index is 11.4. The van der Waals surface area contributed by atoms with Crippen LogP contribution < -0.4 is 11.3 Å². The van der Waals surface area contributed by atoms with Gasteiger partial charge >= 0.3 is 0 Å². The number of aromatic nitrogens is 3. The zero-order valence-electron chi connectivity index (χ0n) is 11.8. The summed E-state index contributed by atoms with van der Waals surface area (Å²) in [5, 5.41) is 7.55. The lowest BCUT2D eigenvalue weighted by atomic mass is 10.3. The van der Waals surface area contributed by atoms with Crippen molar-refractivity contribution in [3.8, 4) is 0 Å². The van der Waals surface area contributed by atoms with Crippen molar-refractivity contribution in [3.63, 3.8) is 0 Å². The minimum absolute atomic E-state index is 0.166. The topological polar surface area (TPSA) is 126 Å². The molecular weight excluding hydrogens is 298 g/mol. The van der Waals surface area contributed by atoms with E-state index >= 15 is 0 Å². The summed E-state index contributed by atoms with van der Waals surface area (Å²) in [7, 11) is -3.10. The maximum absolute atomic E-state index is 11.4. The summed E-state index contributed by atoms with van der Waals surface area (Å²) in [6.45, 7) is 3.64. The van der Waals surface area contributed by atoms with Crippen LogP contribution in [0.4, 0.5) is 0 Å². The number of hydrazine groups is 1. The van der Waals surface area contributed by atoms with Gasteiger partial charge in [0, 0.05) is 32.7 Å². The van der Waals surface area contributed by atoms with E-state index in [-0.39, 0.29) is 5.69 Å². The second kappa shape index (κ2) is 6.47. The Hall–Kier alpha value is -1.56. The molecule has 0 bridgehead atoms. The van der Waals surface area contributed by atoms with Crippen molar-refractivity contribution in [1.82, 2.24) is 29.6 Å². The van der Waals surface area contributed by atoms with E-state index < -0.39 is 15.9 Å². The molecule has 1 saturated heterocycles. The molecule has 11 heteroatoms. The molecule has 1 aliphatic heterocycles. The number of nitrogen functional groups attached to an aromatic ring is 1. The Morgan fingerprint density at radius 1 is 1.33 bits per heavy atom. The van der Waals surface area contributed by atoms with Crippen molar-refractivity contribution in [2.24, 2.45) is 5.84 Å². The SMILES string of the molecule is CS(=O)(=O)N1CCN(CCn2cc(C(=O)NN)nn2)CC1. The van der Waals surface area contributed by atoms with Gasteiger partial charge in [-0.25, -0.2) is 14.3 Å². The molecule has 0 aromatic carbocycles. The molecule has 3 N–H and O–H groups in total. The first-order chi connectivity index (χ1) is 9.90. The van der Waals surface area contributed by atoms with Crippen LogP contribution in [0.15, 0.2) is 6.20 Å². The lowest BCUT2D eigenvalue weighted by Crippen LogP contribution is -2.48. The van der Waals surface area contributed by atoms with Gasteiger partial charge in [-0.05, 0) is 0 Å². The molecule has 0 saturated carbocycles. The number of nitrogens with zero attached hydrogens (tertiary/aromatic N) is 5. The molecule has 1 aromatic heterocycles. The fourth-order valence-corrected chi connectivity index (χ4v) is 2.94. The first kappa shape index (κ1) is 15.8. The molecule has 1 amide bonds. The number of rotatable bonds is 5. The van der Waals surface area contributed by atoms with Gasteiger partial charge in [-0.15, -0.1) is 5.10 Å². The zero-order chi connectivity index (χ0) is 15.5. The Morgan fingerprint density at radius 2 is 2.00 bits per heavy atom. The number of carbonyl (C=O) groups excluding carboxylic acids is 1. The third-order valence-electron chi connectivity index (χ3n) is 3.35. The predicted molar refractivity (Wildman–Crippen MR) is 74.5 cm³/mol. The minimum Gasteiger partial charge on any atom is -0.299 e. The number of piperazine rings is 1. The van der Waals surface area contributed by atoms with E-state index in [4.69, 9.17) is 5.84 Å². The summed E-state index contributed by atoms with van der Waals surface area (Å²) in [5.74, 6) is 4.53. The number of amides is 1. The average molecular weight is 317 g/mol. The molecule has 0 unspecified atom stereocenters. The van der Waals surface area contributed by atoms with E-state index in [9.17, 15) is 13.2 Å². The molecule has 1 fully saturated rings. The van der Waals surface area contributed by atoms with Crippen LogP contribution in [0, 0.1) is 0 Å². The minimum atomic E-state index is -3.10. The van der Waals surface area contributed by atoms with Gasteiger partial charge < -0.3 is 0 Å². The highest BCUT2D eigenvalue weighted by Gasteiger charge is 2.23. The third kappa shape index (κ3) is 4.20. The standard InChI is InChI=1S/C10H19N7O3S/c1-21(19,20)17-6-3-15(4-7-17)2-5-16-8-9(13-14-16)10(18)12-11/h8H,2-7,11H2,1H3,(H,12,18). The molecule has 0 aliphatic carbocycles. The van der Waals surface area contributed by atoms with Crippen molar-refractivity contribution < 1.29 is 13.2 Å². The van der Waals surface area contributed by atoms with Gasteiger partial charge in [-0.3, -0.25) is 19.8 Å². The number of nitrogens with two attached hydrogens (primary N) is 1. The Bertz CT molecular complexity index is 592. The number of hydrogen-bond acceptors (Lipinski definition) is 7. The summed E-state index contributed by atoms with van der Waals surface area (Å²) < 4.78 is 25.8. The fourth-order valence-electron chi connectivity index (χ4n) is 2.11. The molecule has 2 heterocycles. The van der Waals surface area contributed by atoms with Crippen LogP contribution in [-0.2, 0) is 16.6 Å². The van der Waals surface area contributed by atoms with Crippen LogP contribution in [0.1, 0.15) is 10.5 Å². The molecule has 1 aromatic rings. The largest absolute Gasteiger partial charge is 0.299 e. The Balaban J connectivity index is 1.80. The Morgan fingerprint density at radius 3 is 2.57 bits per heavy atom. The molecule has 10 nitrogen and oxygen atoms in total. The quantitative estimate of drug-likeness (QED) is 0.348. The highest BCUT2D eigenvalue weighted by Crippen LogP contribution is 2.06. The Kier molecular flexibility index (Phi) is 4.88. The van der Waals surface area contributed by atoms with Crippen LogP contribution >= 0.6 is 0 Å². The monoisotopic (exact) mass is 317 g/mol. The van der Waals surface area contributed by atoms with Crippen LogP contribution in [-0.4, -0.2) is 77.5 Å². The normalized spacial score (nSPS) is 17.8. The first-order valence-electron chi connectivity index (χ1n) is 6.48. The summed E-state index contributed by atoms with van der Waals surface area (Å²) in [4.78, 5) is 13.4. The average Bonchev–Trinajstić information content (AvgIpc) is 2.92. The van der Waals surface area contributed by atoms with E-state index in [2.05, 4.69) is 15.2 Å². The van der Waals surface area contributed by atoms with Gasteiger partial charge in [-0.1, -0.05) is 5.21 Å². The molecule has 0 atom stereocenters. The van der Waals surface area contributed by atoms with E-state index in [0.29, 0.717) is 39.3 Å². The van der Waals surface area contributed by atoms with Gasteiger partial charge in [0.15, 0.2) is 5.69 Å². The van der Waals surface area contributed by atoms with Gasteiger partial charge in [0.2, 0.25) is 10.0 Å². The van der Waals surface area contributed by atoms with Crippen molar-refractivity contribution in [2.45, 2.75) is 6.54 Å². The number of nitrogens with one attached hydrogen (secondary N) is 1. The summed E-state index contributed by atoms with van der Waals surface area (Å²) in [6, 6.07) is 0. The molecule has 0 radical (unpaired) electrons. The zero-order valence-corrected chi connectivity index (χ0v) is 12.6. The summed E-state index contributed by atoms with van der Waals surface area (Å²) in [6.07, 6.45) is 2.75. The van der Waals surface area contributed by atoms with Crippen molar-refractivity contribution >= 4 is 15.9 Å². The van der Waals surface area contributed by atoms with E-state index in [1.807, 2.05) is 5.43 Å². The molecule has 2 rings (SSSR count). The molecular formula is C10H19N7O3S. The fraction of sp³-hybridized carbons (Fsp3) is 0.700. The van der Waals surface area contributed by atoms with Crippen LogP contribution in [0.25, 0.3) is 0 Å². The van der Waals surface area contributed by atoms with Crippen molar-refractivity contribution in [2.75, 3.05) is 39.0 Å². The summed E-state index contributed by atoms with van der Waals surface area (Å²) >= 11 is 0. The van der Waals surface area contributed by atoms with Crippen LogP contribution in [0.2, 0.25) is 0 Å². The highest BCUT2D eigenvalue weighted by molar-refractivity contribution is 7.88. The predicted octanol–water partition coefficient (Wildman–Crippen LogP) is -2.54. The smallest absolute Gasteiger partial charge is 0.287 e. The van der Waals surface area contributed by atoms with Crippen molar-refractivity contribution in [3.05, 3.63) is 11.9 Å². The Labute approximate surface area is 122 Å².